The molecule has 0 saturated carbocycles. The van der Waals surface area contributed by atoms with Crippen molar-refractivity contribution in [1.29, 1.82) is 0 Å². The molecule has 0 bridgehead atoms. The van der Waals surface area contributed by atoms with Crippen LogP contribution in [0.3, 0.4) is 0 Å². The zero-order valence-electron chi connectivity index (χ0n) is 12.7. The molecule has 1 rings (SSSR count). The number of carbonyl (C=O) groups is 2. The first kappa shape index (κ1) is 17.4. The Hall–Kier alpha value is -0.640. The van der Waals surface area contributed by atoms with Crippen molar-refractivity contribution >= 4 is 27.7 Å². The highest BCUT2D eigenvalue weighted by Gasteiger charge is 2.24. The molecule has 0 N–H and O–H groups in total. The largest absolute Gasteiger partial charge is 0.466 e. The van der Waals surface area contributed by atoms with Crippen molar-refractivity contribution in [1.82, 2.24) is 0 Å². The Morgan fingerprint density at radius 1 is 1.45 bits per heavy atom. The van der Waals surface area contributed by atoms with Crippen LogP contribution in [0.1, 0.15) is 59.3 Å². The fourth-order valence-electron chi connectivity index (χ4n) is 2.51. The van der Waals surface area contributed by atoms with Crippen LogP contribution in [0.15, 0.2) is 11.6 Å². The second-order valence-corrected chi connectivity index (χ2v) is 7.36. The molecule has 0 aliphatic heterocycles. The van der Waals surface area contributed by atoms with E-state index in [9.17, 15) is 9.59 Å². The van der Waals surface area contributed by atoms with Crippen LogP contribution < -0.4 is 0 Å². The fourth-order valence-corrected chi connectivity index (χ4v) is 3.12. The Bertz CT molecular complexity index is 385. The van der Waals surface area contributed by atoms with Gasteiger partial charge in [-0.2, -0.15) is 0 Å². The van der Waals surface area contributed by atoms with Crippen molar-refractivity contribution in [3.05, 3.63) is 11.6 Å². The van der Waals surface area contributed by atoms with Gasteiger partial charge in [0.25, 0.3) is 0 Å². The number of ketones is 1. The van der Waals surface area contributed by atoms with Gasteiger partial charge in [-0.15, -0.1) is 0 Å². The summed E-state index contributed by atoms with van der Waals surface area (Å²) in [6, 6.07) is 0. The standard InChI is InChI=1S/C16H25BrO3/c1-4-20-15(19)11-16(2,3)8-6-5-7-12-9-13(17)10-14(12)18/h9,13H,4-8,10-11H2,1-3H3. The van der Waals surface area contributed by atoms with Crippen molar-refractivity contribution in [3.8, 4) is 0 Å². The average Bonchev–Trinajstić information content (AvgIpc) is 2.63. The topological polar surface area (TPSA) is 43.4 Å². The van der Waals surface area contributed by atoms with Gasteiger partial charge in [-0.25, -0.2) is 0 Å². The third kappa shape index (κ3) is 6.21. The van der Waals surface area contributed by atoms with Crippen molar-refractivity contribution in [2.45, 2.75) is 64.1 Å². The highest BCUT2D eigenvalue weighted by molar-refractivity contribution is 9.09. The third-order valence-electron chi connectivity index (χ3n) is 3.60. The predicted molar refractivity (Wildman–Crippen MR) is 83.9 cm³/mol. The van der Waals surface area contributed by atoms with Crippen molar-refractivity contribution in [3.63, 3.8) is 0 Å². The first-order valence-corrected chi connectivity index (χ1v) is 8.29. The Morgan fingerprint density at radius 2 is 2.15 bits per heavy atom. The van der Waals surface area contributed by atoms with Crippen LogP contribution in [-0.4, -0.2) is 23.2 Å². The number of allylic oxidation sites excluding steroid dienone is 2. The maximum atomic E-state index is 11.6. The SMILES string of the molecule is CCOC(=O)CC(C)(C)CCCCC1=CC(Br)CC1=O. The molecular weight excluding hydrogens is 320 g/mol. The summed E-state index contributed by atoms with van der Waals surface area (Å²) in [6.07, 6.45) is 6.97. The smallest absolute Gasteiger partial charge is 0.306 e. The van der Waals surface area contributed by atoms with E-state index < -0.39 is 0 Å². The molecule has 0 amide bonds. The average molecular weight is 345 g/mol. The van der Waals surface area contributed by atoms with Crippen LogP contribution in [0.4, 0.5) is 0 Å². The number of halogens is 1. The number of alkyl halides is 1. The summed E-state index contributed by atoms with van der Waals surface area (Å²) in [5, 5.41) is 0. The van der Waals surface area contributed by atoms with Gasteiger partial charge in [0.15, 0.2) is 5.78 Å². The number of unbranched alkanes of at least 4 members (excludes halogenated alkanes) is 1. The van der Waals surface area contributed by atoms with Gasteiger partial charge >= 0.3 is 5.97 Å². The molecule has 114 valence electrons. The molecule has 1 atom stereocenters. The van der Waals surface area contributed by atoms with Crippen molar-refractivity contribution in [2.75, 3.05) is 6.61 Å². The van der Waals surface area contributed by atoms with Gasteiger partial charge in [0.2, 0.25) is 0 Å². The first-order chi connectivity index (χ1) is 9.34. The van der Waals surface area contributed by atoms with E-state index in [2.05, 4.69) is 29.8 Å². The van der Waals surface area contributed by atoms with E-state index in [-0.39, 0.29) is 22.0 Å². The number of ether oxygens (including phenoxy) is 1. The van der Waals surface area contributed by atoms with Gasteiger partial charge in [0, 0.05) is 11.2 Å². The second-order valence-electron chi connectivity index (χ2n) is 6.19. The zero-order chi connectivity index (χ0) is 15.2. The quantitative estimate of drug-likeness (QED) is 0.376. The number of hydrogen-bond donors (Lipinski definition) is 0. The summed E-state index contributed by atoms with van der Waals surface area (Å²) < 4.78 is 4.99. The summed E-state index contributed by atoms with van der Waals surface area (Å²) in [5.74, 6) is 0.158. The maximum Gasteiger partial charge on any atom is 0.306 e. The molecular formula is C16H25BrO3. The molecule has 1 aliphatic carbocycles. The molecule has 0 aromatic rings. The molecule has 0 spiro atoms. The van der Waals surface area contributed by atoms with E-state index >= 15 is 0 Å². The predicted octanol–water partition coefficient (Wildman–Crippen LogP) is 4.19. The van der Waals surface area contributed by atoms with Crippen LogP contribution in [-0.2, 0) is 14.3 Å². The van der Waals surface area contributed by atoms with Crippen molar-refractivity contribution < 1.29 is 14.3 Å². The number of Topliss-reactive ketones (excluding diaryl/α,β-unsaturated/α-hetero) is 1. The Morgan fingerprint density at radius 3 is 2.70 bits per heavy atom. The minimum atomic E-state index is -0.117. The fraction of sp³-hybridized carbons (Fsp3) is 0.750. The lowest BCUT2D eigenvalue weighted by Crippen LogP contribution is -2.19. The molecule has 0 saturated heterocycles. The van der Waals surface area contributed by atoms with Gasteiger partial charge < -0.3 is 4.74 Å². The molecule has 1 unspecified atom stereocenters. The lowest BCUT2D eigenvalue weighted by Gasteiger charge is -2.23. The van der Waals surface area contributed by atoms with Crippen LogP contribution >= 0.6 is 15.9 Å². The molecule has 4 heteroatoms. The van der Waals surface area contributed by atoms with E-state index in [1.165, 1.54) is 0 Å². The Kier molecular flexibility index (Phi) is 6.93. The summed E-state index contributed by atoms with van der Waals surface area (Å²) in [6.45, 7) is 6.46. The van der Waals surface area contributed by atoms with E-state index in [1.54, 1.807) is 0 Å². The highest BCUT2D eigenvalue weighted by atomic mass is 79.9. The van der Waals surface area contributed by atoms with Crippen LogP contribution in [0.25, 0.3) is 0 Å². The normalized spacial score (nSPS) is 19.1. The van der Waals surface area contributed by atoms with Crippen molar-refractivity contribution in [2.24, 2.45) is 5.41 Å². The van der Waals surface area contributed by atoms with Crippen LogP contribution in [0, 0.1) is 5.41 Å². The number of rotatable bonds is 8. The lowest BCUT2D eigenvalue weighted by atomic mass is 9.83. The van der Waals surface area contributed by atoms with Gasteiger partial charge in [-0.1, -0.05) is 42.3 Å². The molecule has 0 aromatic carbocycles. The molecule has 0 heterocycles. The van der Waals surface area contributed by atoms with E-state index in [0.29, 0.717) is 19.4 Å². The highest BCUT2D eigenvalue weighted by Crippen LogP contribution is 2.30. The monoisotopic (exact) mass is 344 g/mol. The third-order valence-corrected chi connectivity index (χ3v) is 4.19. The van der Waals surface area contributed by atoms with E-state index in [1.807, 2.05) is 13.0 Å². The summed E-state index contributed by atoms with van der Waals surface area (Å²) in [5.41, 5.74) is 0.938. The van der Waals surface area contributed by atoms with Gasteiger partial charge in [-0.05, 0) is 37.2 Å². The Labute approximate surface area is 130 Å². The molecule has 1 aliphatic rings. The van der Waals surface area contributed by atoms with E-state index in [4.69, 9.17) is 4.74 Å². The molecule has 0 fully saturated rings. The minimum Gasteiger partial charge on any atom is -0.466 e. The molecule has 3 nitrogen and oxygen atoms in total. The van der Waals surface area contributed by atoms with Gasteiger partial charge in [-0.3, -0.25) is 9.59 Å². The zero-order valence-corrected chi connectivity index (χ0v) is 14.3. The lowest BCUT2D eigenvalue weighted by molar-refractivity contribution is -0.145. The number of carbonyl (C=O) groups excluding carboxylic acids is 2. The first-order valence-electron chi connectivity index (χ1n) is 7.37. The summed E-state index contributed by atoms with van der Waals surface area (Å²) in [7, 11) is 0. The van der Waals surface area contributed by atoms with Gasteiger partial charge in [0.05, 0.1) is 13.0 Å². The summed E-state index contributed by atoms with van der Waals surface area (Å²) in [4.78, 5) is 23.4. The van der Waals surface area contributed by atoms with Crippen LogP contribution in [0.5, 0.6) is 0 Å². The molecule has 0 radical (unpaired) electrons. The molecule has 0 aromatic heterocycles. The summed E-state index contributed by atoms with van der Waals surface area (Å²) >= 11 is 3.45. The number of esters is 1. The second kappa shape index (κ2) is 7.96. The Balaban J connectivity index is 2.24. The van der Waals surface area contributed by atoms with Gasteiger partial charge in [0.1, 0.15) is 0 Å². The minimum absolute atomic E-state index is 0.0295. The van der Waals surface area contributed by atoms with E-state index in [0.717, 1.165) is 31.3 Å². The maximum absolute atomic E-state index is 11.6. The van der Waals surface area contributed by atoms with Crippen LogP contribution in [0.2, 0.25) is 0 Å². The number of hydrogen-bond acceptors (Lipinski definition) is 3. The molecule has 20 heavy (non-hydrogen) atoms.